The van der Waals surface area contributed by atoms with Gasteiger partial charge in [-0.15, -0.1) is 24.0 Å². The molecular weight excluding hydrogens is 449 g/mol. The molecule has 0 aromatic carbocycles. The Morgan fingerprint density at radius 2 is 2.12 bits per heavy atom. The zero-order valence-corrected chi connectivity index (χ0v) is 17.3. The molecular formula is C15H29F2IN4OS. The fourth-order valence-electron chi connectivity index (χ4n) is 2.92. The minimum Gasteiger partial charge on any atom is -0.387 e. The minimum atomic E-state index is -2.26. The van der Waals surface area contributed by atoms with Crippen molar-refractivity contribution < 1.29 is 13.9 Å². The summed E-state index contributed by atoms with van der Waals surface area (Å²) in [7, 11) is 0. The molecule has 0 bridgehead atoms. The second-order valence-electron chi connectivity index (χ2n) is 6.33. The van der Waals surface area contributed by atoms with E-state index in [2.05, 4.69) is 15.6 Å². The van der Waals surface area contributed by atoms with Gasteiger partial charge < -0.3 is 15.7 Å². The lowest BCUT2D eigenvalue weighted by atomic mass is 10.0. The number of halogens is 3. The highest BCUT2D eigenvalue weighted by Gasteiger charge is 2.31. The Bertz CT molecular complexity index is 390. The van der Waals surface area contributed by atoms with Gasteiger partial charge in [0.05, 0.1) is 18.7 Å². The molecule has 2 fully saturated rings. The summed E-state index contributed by atoms with van der Waals surface area (Å²) in [5, 5.41) is 17.0. The van der Waals surface area contributed by atoms with Crippen LogP contribution in [-0.4, -0.2) is 78.3 Å². The highest BCUT2D eigenvalue weighted by Crippen LogP contribution is 2.27. The number of aliphatic hydroxyl groups is 1. The zero-order valence-electron chi connectivity index (χ0n) is 14.1. The normalized spacial score (nSPS) is 26.5. The maximum Gasteiger partial charge on any atom is 0.251 e. The standard InChI is InChI=1S/C15H28F2N4OS.HI/c1-2-18-14(19-10-15(22)5-8-23-11-15)20-12-3-6-21(7-4-12)9-13(16)17;/h12-13,22H,2-11H2,1H3,(H2,18,19,20);1H. The van der Waals surface area contributed by atoms with Gasteiger partial charge in [-0.25, -0.2) is 8.78 Å². The summed E-state index contributed by atoms with van der Waals surface area (Å²) in [5.74, 6) is 2.44. The monoisotopic (exact) mass is 478 g/mol. The van der Waals surface area contributed by atoms with Gasteiger partial charge in [-0.1, -0.05) is 0 Å². The highest BCUT2D eigenvalue weighted by molar-refractivity contribution is 14.0. The molecule has 2 saturated heterocycles. The Morgan fingerprint density at radius 1 is 1.42 bits per heavy atom. The van der Waals surface area contributed by atoms with Crippen LogP contribution < -0.4 is 10.6 Å². The first-order valence-corrected chi connectivity index (χ1v) is 9.52. The maximum atomic E-state index is 12.4. The molecule has 3 N–H and O–H groups in total. The molecule has 2 heterocycles. The third kappa shape index (κ3) is 7.57. The van der Waals surface area contributed by atoms with Crippen LogP contribution in [0.2, 0.25) is 0 Å². The molecule has 0 spiro atoms. The van der Waals surface area contributed by atoms with Gasteiger partial charge in [-0.2, -0.15) is 11.8 Å². The van der Waals surface area contributed by atoms with Gasteiger partial charge in [0.25, 0.3) is 6.43 Å². The molecule has 0 amide bonds. The topological polar surface area (TPSA) is 59.9 Å². The Balaban J connectivity index is 0.00000288. The number of guanidine groups is 1. The fourth-order valence-corrected chi connectivity index (χ4v) is 4.20. The largest absolute Gasteiger partial charge is 0.387 e. The molecule has 2 aliphatic rings. The van der Waals surface area contributed by atoms with E-state index >= 15 is 0 Å². The third-order valence-electron chi connectivity index (χ3n) is 4.28. The molecule has 1 unspecified atom stereocenters. The van der Waals surface area contributed by atoms with Crippen molar-refractivity contribution in [1.29, 1.82) is 0 Å². The lowest BCUT2D eigenvalue weighted by Crippen LogP contribution is -2.49. The van der Waals surface area contributed by atoms with Crippen LogP contribution in [0.15, 0.2) is 4.99 Å². The number of nitrogens with zero attached hydrogens (tertiary/aromatic N) is 2. The zero-order chi connectivity index (χ0) is 16.7. The maximum absolute atomic E-state index is 12.4. The summed E-state index contributed by atoms with van der Waals surface area (Å²) < 4.78 is 24.8. The van der Waals surface area contributed by atoms with Crippen LogP contribution in [0, 0.1) is 0 Å². The highest BCUT2D eigenvalue weighted by atomic mass is 127. The van der Waals surface area contributed by atoms with Gasteiger partial charge in [0.15, 0.2) is 5.96 Å². The average Bonchev–Trinajstić information content (AvgIpc) is 2.94. The van der Waals surface area contributed by atoms with Crippen LogP contribution >= 0.6 is 35.7 Å². The van der Waals surface area contributed by atoms with Gasteiger partial charge >= 0.3 is 0 Å². The van der Waals surface area contributed by atoms with Crippen molar-refractivity contribution in [3.05, 3.63) is 0 Å². The first kappa shape index (κ1) is 22.2. The molecule has 0 aliphatic carbocycles. The van der Waals surface area contributed by atoms with Crippen LogP contribution in [0.25, 0.3) is 0 Å². The van der Waals surface area contributed by atoms with Gasteiger partial charge in [-0.3, -0.25) is 9.89 Å². The molecule has 0 radical (unpaired) electrons. The van der Waals surface area contributed by atoms with Crippen LogP contribution in [-0.2, 0) is 0 Å². The molecule has 0 saturated carbocycles. The molecule has 5 nitrogen and oxygen atoms in total. The summed E-state index contributed by atoms with van der Waals surface area (Å²) in [6.07, 6.45) is 0.185. The van der Waals surface area contributed by atoms with E-state index in [0.29, 0.717) is 25.6 Å². The molecule has 24 heavy (non-hydrogen) atoms. The molecule has 1 atom stereocenters. The Kier molecular flexibility index (Phi) is 10.1. The molecule has 0 aromatic heterocycles. The van der Waals surface area contributed by atoms with Crippen molar-refractivity contribution in [2.75, 3.05) is 44.2 Å². The SMILES string of the molecule is CCNC(=NCC1(O)CCSC1)NC1CCN(CC(F)F)CC1.I. The van der Waals surface area contributed by atoms with Crippen LogP contribution in [0.5, 0.6) is 0 Å². The minimum absolute atomic E-state index is 0. The van der Waals surface area contributed by atoms with Crippen molar-refractivity contribution in [3.8, 4) is 0 Å². The van der Waals surface area contributed by atoms with E-state index in [1.807, 2.05) is 11.8 Å². The first-order chi connectivity index (χ1) is 11.0. The summed E-state index contributed by atoms with van der Waals surface area (Å²) in [4.78, 5) is 6.34. The van der Waals surface area contributed by atoms with Crippen molar-refractivity contribution in [2.45, 2.75) is 44.3 Å². The van der Waals surface area contributed by atoms with Gasteiger partial charge in [0, 0.05) is 31.4 Å². The van der Waals surface area contributed by atoms with Crippen LogP contribution in [0.1, 0.15) is 26.2 Å². The summed E-state index contributed by atoms with van der Waals surface area (Å²) >= 11 is 1.76. The molecule has 2 aliphatic heterocycles. The van der Waals surface area contributed by atoms with Crippen molar-refractivity contribution >= 4 is 41.7 Å². The smallest absolute Gasteiger partial charge is 0.251 e. The lowest BCUT2D eigenvalue weighted by Gasteiger charge is -2.33. The predicted molar refractivity (Wildman–Crippen MR) is 107 cm³/mol. The average molecular weight is 478 g/mol. The second kappa shape index (κ2) is 11.0. The summed E-state index contributed by atoms with van der Waals surface area (Å²) in [6.45, 7) is 4.39. The van der Waals surface area contributed by atoms with Gasteiger partial charge in [0.2, 0.25) is 0 Å². The van der Waals surface area contributed by atoms with E-state index in [0.717, 1.165) is 37.3 Å². The first-order valence-electron chi connectivity index (χ1n) is 8.36. The van der Waals surface area contributed by atoms with E-state index in [1.54, 1.807) is 11.8 Å². The summed E-state index contributed by atoms with van der Waals surface area (Å²) in [6, 6.07) is 0.245. The molecule has 9 heteroatoms. The van der Waals surface area contributed by atoms with Crippen molar-refractivity contribution in [3.63, 3.8) is 0 Å². The number of rotatable bonds is 6. The van der Waals surface area contributed by atoms with E-state index in [-0.39, 0.29) is 36.6 Å². The molecule has 2 rings (SSSR count). The van der Waals surface area contributed by atoms with E-state index in [4.69, 9.17) is 0 Å². The number of aliphatic imine (C=N–C) groups is 1. The van der Waals surface area contributed by atoms with Crippen LogP contribution in [0.3, 0.4) is 0 Å². The Morgan fingerprint density at radius 3 is 2.67 bits per heavy atom. The second-order valence-corrected chi connectivity index (χ2v) is 7.44. The van der Waals surface area contributed by atoms with Gasteiger partial charge in [-0.05, 0) is 31.9 Å². The quantitative estimate of drug-likeness (QED) is 0.309. The lowest BCUT2D eigenvalue weighted by molar-refractivity contribution is 0.0742. The van der Waals surface area contributed by atoms with E-state index < -0.39 is 12.0 Å². The predicted octanol–water partition coefficient (Wildman–Crippen LogP) is 1.76. The van der Waals surface area contributed by atoms with Gasteiger partial charge in [0.1, 0.15) is 0 Å². The Hall–Kier alpha value is 0.130. The molecule has 0 aromatic rings. The number of hydrogen-bond acceptors (Lipinski definition) is 4. The van der Waals surface area contributed by atoms with E-state index in [1.165, 1.54) is 0 Å². The Labute approximate surface area is 164 Å². The fraction of sp³-hybridized carbons (Fsp3) is 0.933. The number of alkyl halides is 2. The number of piperidine rings is 1. The van der Waals surface area contributed by atoms with Crippen molar-refractivity contribution in [1.82, 2.24) is 15.5 Å². The number of hydrogen-bond donors (Lipinski definition) is 3. The van der Waals surface area contributed by atoms with Crippen LogP contribution in [0.4, 0.5) is 8.78 Å². The molecule has 142 valence electrons. The van der Waals surface area contributed by atoms with Crippen molar-refractivity contribution in [2.24, 2.45) is 4.99 Å². The third-order valence-corrected chi connectivity index (χ3v) is 5.52. The number of nitrogens with one attached hydrogen (secondary N) is 2. The van der Waals surface area contributed by atoms with E-state index in [9.17, 15) is 13.9 Å². The number of thioether (sulfide) groups is 1. The summed E-state index contributed by atoms with van der Waals surface area (Å²) in [5.41, 5.74) is -0.687. The number of likely N-dealkylation sites (tertiary alicyclic amines) is 1.